The second-order valence-corrected chi connectivity index (χ2v) is 6.03. The molecule has 0 aromatic rings. The minimum absolute atomic E-state index is 0.0517. The van der Waals surface area contributed by atoms with E-state index in [-0.39, 0.29) is 11.8 Å². The first-order valence-electron chi connectivity index (χ1n) is 5.72. The molecule has 0 bridgehead atoms. The number of ether oxygens (including phenoxy) is 1. The highest BCUT2D eigenvalue weighted by Crippen LogP contribution is 2.12. The summed E-state index contributed by atoms with van der Waals surface area (Å²) in [6, 6.07) is -0.664. The number of hydrogen-bond donors (Lipinski definition) is 1. The van der Waals surface area contributed by atoms with E-state index in [0.717, 1.165) is 0 Å². The first-order valence-corrected chi connectivity index (χ1v) is 6.15. The van der Waals surface area contributed by atoms with Gasteiger partial charge in [-0.25, -0.2) is 4.79 Å². The van der Waals surface area contributed by atoms with Gasteiger partial charge in [-0.15, -0.1) is 11.6 Å². The van der Waals surface area contributed by atoms with Crippen LogP contribution in [0.5, 0.6) is 0 Å². The largest absolute Gasteiger partial charge is 0.458 e. The molecule has 1 unspecified atom stereocenters. The Balaban J connectivity index is 4.64. The zero-order valence-electron chi connectivity index (χ0n) is 11.3. The van der Waals surface area contributed by atoms with E-state index in [1.165, 1.54) is 0 Å². The number of carbonyl (C=O) groups is 2. The van der Waals surface area contributed by atoms with E-state index >= 15 is 0 Å². The molecule has 0 saturated carbocycles. The van der Waals surface area contributed by atoms with E-state index in [9.17, 15) is 9.59 Å². The summed E-state index contributed by atoms with van der Waals surface area (Å²) in [5.41, 5.74) is -0.568. The predicted molar refractivity (Wildman–Crippen MR) is 67.9 cm³/mol. The molecule has 0 saturated heterocycles. The van der Waals surface area contributed by atoms with E-state index in [1.807, 2.05) is 13.8 Å². The number of nitrogens with one attached hydrogen (secondary N) is 1. The smallest absolute Gasteiger partial charge is 0.329 e. The number of rotatable bonds is 4. The molecule has 5 heteroatoms. The van der Waals surface area contributed by atoms with E-state index in [1.54, 1.807) is 27.7 Å². The van der Waals surface area contributed by atoms with Crippen molar-refractivity contribution < 1.29 is 14.3 Å². The lowest BCUT2D eigenvalue weighted by molar-refractivity contribution is -0.159. The van der Waals surface area contributed by atoms with Crippen LogP contribution in [-0.4, -0.2) is 28.9 Å². The molecular formula is C12H22ClNO3. The molecule has 1 N–H and O–H groups in total. The minimum Gasteiger partial charge on any atom is -0.458 e. The highest BCUT2D eigenvalue weighted by Gasteiger charge is 2.29. The van der Waals surface area contributed by atoms with Gasteiger partial charge in [0.15, 0.2) is 0 Å². The van der Waals surface area contributed by atoms with Crippen molar-refractivity contribution in [2.45, 2.75) is 58.6 Å². The summed E-state index contributed by atoms with van der Waals surface area (Å²) in [4.78, 5) is 23.4. The first kappa shape index (κ1) is 16.2. The SMILES string of the molecule is CC(Cl)C(=O)N[C@@H](C(=O)OC(C)(C)C)C(C)C. The lowest BCUT2D eigenvalue weighted by atomic mass is 10.0. The lowest BCUT2D eigenvalue weighted by Gasteiger charge is -2.26. The zero-order chi connectivity index (χ0) is 13.8. The van der Waals surface area contributed by atoms with E-state index in [0.29, 0.717) is 0 Å². The van der Waals surface area contributed by atoms with Crippen molar-refractivity contribution in [3.63, 3.8) is 0 Å². The van der Waals surface area contributed by atoms with Gasteiger partial charge >= 0.3 is 5.97 Å². The van der Waals surface area contributed by atoms with Gasteiger partial charge in [0, 0.05) is 0 Å². The van der Waals surface area contributed by atoms with Crippen molar-refractivity contribution in [3.05, 3.63) is 0 Å². The van der Waals surface area contributed by atoms with Gasteiger partial charge in [-0.05, 0) is 33.6 Å². The maximum absolute atomic E-state index is 11.9. The molecular weight excluding hydrogens is 242 g/mol. The third kappa shape index (κ3) is 6.51. The van der Waals surface area contributed by atoms with Crippen molar-refractivity contribution in [1.29, 1.82) is 0 Å². The predicted octanol–water partition coefficient (Wildman–Crippen LogP) is 2.10. The lowest BCUT2D eigenvalue weighted by Crippen LogP contribution is -2.49. The molecule has 17 heavy (non-hydrogen) atoms. The Morgan fingerprint density at radius 3 is 1.94 bits per heavy atom. The van der Waals surface area contributed by atoms with Crippen molar-refractivity contribution in [3.8, 4) is 0 Å². The molecule has 0 rings (SSSR count). The summed E-state index contributed by atoms with van der Waals surface area (Å²) in [6.07, 6.45) is 0. The van der Waals surface area contributed by atoms with Crippen LogP contribution >= 0.6 is 11.6 Å². The molecule has 100 valence electrons. The summed E-state index contributed by atoms with van der Waals surface area (Å²) in [5.74, 6) is -0.849. The molecule has 0 aromatic carbocycles. The molecule has 0 spiro atoms. The number of amides is 1. The molecule has 0 aliphatic rings. The molecule has 0 aliphatic carbocycles. The van der Waals surface area contributed by atoms with E-state index < -0.39 is 23.0 Å². The Morgan fingerprint density at radius 1 is 1.18 bits per heavy atom. The van der Waals surface area contributed by atoms with Crippen LogP contribution in [0.3, 0.4) is 0 Å². The summed E-state index contributed by atoms with van der Waals surface area (Å²) in [7, 11) is 0. The van der Waals surface area contributed by atoms with Crippen molar-refractivity contribution in [2.75, 3.05) is 0 Å². The monoisotopic (exact) mass is 263 g/mol. The summed E-state index contributed by atoms with van der Waals surface area (Å²) in [5, 5.41) is 1.92. The van der Waals surface area contributed by atoms with Gasteiger partial charge in [0.2, 0.25) is 5.91 Å². The highest BCUT2D eigenvalue weighted by molar-refractivity contribution is 6.30. The van der Waals surface area contributed by atoms with Crippen molar-refractivity contribution in [1.82, 2.24) is 5.32 Å². The Morgan fingerprint density at radius 2 is 1.65 bits per heavy atom. The maximum atomic E-state index is 11.9. The summed E-state index contributed by atoms with van der Waals surface area (Å²) in [6.45, 7) is 10.6. The minimum atomic E-state index is -0.668. The fraction of sp³-hybridized carbons (Fsp3) is 0.833. The average Bonchev–Trinajstić information content (AvgIpc) is 2.09. The highest BCUT2D eigenvalue weighted by atomic mass is 35.5. The molecule has 2 atom stereocenters. The molecule has 0 radical (unpaired) electrons. The molecule has 0 fully saturated rings. The van der Waals surface area contributed by atoms with Gasteiger partial charge in [0.25, 0.3) is 0 Å². The molecule has 0 heterocycles. The van der Waals surface area contributed by atoms with Gasteiger partial charge < -0.3 is 10.1 Å². The van der Waals surface area contributed by atoms with E-state index in [4.69, 9.17) is 16.3 Å². The maximum Gasteiger partial charge on any atom is 0.329 e. The van der Waals surface area contributed by atoms with Crippen LogP contribution in [0.4, 0.5) is 0 Å². The Labute approximate surface area is 108 Å². The second-order valence-electron chi connectivity index (χ2n) is 5.38. The van der Waals surface area contributed by atoms with Crippen LogP contribution in [0.2, 0.25) is 0 Å². The Kier molecular flexibility index (Phi) is 5.96. The fourth-order valence-corrected chi connectivity index (χ4v) is 1.19. The molecule has 0 aromatic heterocycles. The fourth-order valence-electron chi connectivity index (χ4n) is 1.13. The first-order chi connectivity index (χ1) is 7.54. The van der Waals surface area contributed by atoms with Crippen LogP contribution in [0.25, 0.3) is 0 Å². The second kappa shape index (κ2) is 6.24. The van der Waals surface area contributed by atoms with Crippen molar-refractivity contribution >= 4 is 23.5 Å². The summed E-state index contributed by atoms with van der Waals surface area (Å²) < 4.78 is 5.25. The molecule has 0 aliphatic heterocycles. The third-order valence-electron chi connectivity index (χ3n) is 1.99. The Hall–Kier alpha value is -0.770. The Bertz CT molecular complexity index is 282. The number of halogens is 1. The standard InChI is InChI=1S/C12H22ClNO3/c1-7(2)9(14-10(15)8(3)13)11(16)17-12(4,5)6/h7-9H,1-6H3,(H,14,15)/t8?,9-/m1/s1. The average molecular weight is 264 g/mol. The topological polar surface area (TPSA) is 55.4 Å². The van der Waals surface area contributed by atoms with Crippen molar-refractivity contribution in [2.24, 2.45) is 5.92 Å². The van der Waals surface area contributed by atoms with Crippen LogP contribution in [0.15, 0.2) is 0 Å². The number of esters is 1. The van der Waals surface area contributed by atoms with Gasteiger partial charge in [0.1, 0.15) is 17.0 Å². The molecule has 4 nitrogen and oxygen atoms in total. The number of carbonyl (C=O) groups excluding carboxylic acids is 2. The van der Waals surface area contributed by atoms with Crippen LogP contribution in [-0.2, 0) is 14.3 Å². The van der Waals surface area contributed by atoms with Crippen LogP contribution in [0.1, 0.15) is 41.5 Å². The quantitative estimate of drug-likeness (QED) is 0.624. The van der Waals surface area contributed by atoms with Gasteiger partial charge in [-0.2, -0.15) is 0 Å². The zero-order valence-corrected chi connectivity index (χ0v) is 12.1. The number of alkyl halides is 1. The van der Waals surface area contributed by atoms with Gasteiger partial charge in [0.05, 0.1) is 0 Å². The third-order valence-corrected chi connectivity index (χ3v) is 2.18. The van der Waals surface area contributed by atoms with Gasteiger partial charge in [-0.1, -0.05) is 13.8 Å². The normalized spacial score (nSPS) is 15.3. The molecule has 1 amide bonds. The number of hydrogen-bond acceptors (Lipinski definition) is 3. The van der Waals surface area contributed by atoms with E-state index in [2.05, 4.69) is 5.32 Å². The van der Waals surface area contributed by atoms with Crippen LogP contribution < -0.4 is 5.32 Å². The summed E-state index contributed by atoms with van der Waals surface area (Å²) >= 11 is 5.65. The van der Waals surface area contributed by atoms with Crippen LogP contribution in [0, 0.1) is 5.92 Å². The van der Waals surface area contributed by atoms with Gasteiger partial charge in [-0.3, -0.25) is 4.79 Å².